The highest BCUT2D eigenvalue weighted by Gasteiger charge is 2.28. The van der Waals surface area contributed by atoms with E-state index in [0.717, 1.165) is 12.8 Å². The number of aliphatic hydroxyl groups excluding tert-OH is 1. The number of thiophene rings is 1. The molecule has 9 heteroatoms. The molecule has 0 unspecified atom stereocenters. The summed E-state index contributed by atoms with van der Waals surface area (Å²) in [4.78, 5) is 21.4. The highest BCUT2D eigenvalue weighted by molar-refractivity contribution is 7.18. The zero-order valence-corrected chi connectivity index (χ0v) is 21.3. The van der Waals surface area contributed by atoms with Crippen molar-refractivity contribution in [1.82, 2.24) is 10.2 Å². The SMILES string of the molecule is [C-]#[N+]c1ccc(-c2cc(C(=O)N3CCC[C@@H](NC)C3)sc2-c2ccc(N3CC[C@H](O)C3)cc2F)cc1F. The van der Waals surface area contributed by atoms with E-state index in [1.807, 2.05) is 22.9 Å². The van der Waals surface area contributed by atoms with Crippen LogP contribution in [0.5, 0.6) is 0 Å². The molecule has 0 aliphatic carbocycles. The quantitative estimate of drug-likeness (QED) is 0.446. The number of likely N-dealkylation sites (N-methyl/N-ethyl adjacent to an activating group) is 1. The van der Waals surface area contributed by atoms with E-state index in [4.69, 9.17) is 6.57 Å². The van der Waals surface area contributed by atoms with Crippen LogP contribution >= 0.6 is 11.3 Å². The molecule has 1 amide bonds. The lowest BCUT2D eigenvalue weighted by Crippen LogP contribution is -2.46. The molecule has 6 nitrogen and oxygen atoms in total. The Morgan fingerprint density at radius 2 is 1.92 bits per heavy atom. The highest BCUT2D eigenvalue weighted by atomic mass is 32.1. The minimum atomic E-state index is -0.658. The fraction of sp³-hybridized carbons (Fsp3) is 0.357. The highest BCUT2D eigenvalue weighted by Crippen LogP contribution is 2.42. The van der Waals surface area contributed by atoms with Gasteiger partial charge in [-0.15, -0.1) is 11.3 Å². The van der Waals surface area contributed by atoms with Gasteiger partial charge in [0, 0.05) is 53.9 Å². The van der Waals surface area contributed by atoms with Gasteiger partial charge in [-0.05, 0) is 62.2 Å². The van der Waals surface area contributed by atoms with Crippen molar-refractivity contribution in [3.8, 4) is 21.6 Å². The molecule has 2 aromatic carbocycles. The molecule has 1 aromatic heterocycles. The largest absolute Gasteiger partial charge is 0.391 e. The third-order valence-corrected chi connectivity index (χ3v) is 8.32. The number of piperidine rings is 1. The van der Waals surface area contributed by atoms with Gasteiger partial charge in [0.05, 0.1) is 17.6 Å². The van der Waals surface area contributed by atoms with Crippen LogP contribution in [0.1, 0.15) is 28.9 Å². The first-order valence-corrected chi connectivity index (χ1v) is 13.2. The molecule has 37 heavy (non-hydrogen) atoms. The Hall–Kier alpha value is -3.32. The lowest BCUT2D eigenvalue weighted by Gasteiger charge is -2.32. The van der Waals surface area contributed by atoms with E-state index in [1.165, 1.54) is 29.5 Å². The summed E-state index contributed by atoms with van der Waals surface area (Å²) in [6.45, 7) is 9.49. The van der Waals surface area contributed by atoms with E-state index >= 15 is 4.39 Å². The smallest absolute Gasteiger partial charge is 0.264 e. The summed E-state index contributed by atoms with van der Waals surface area (Å²) < 4.78 is 30.1. The number of aliphatic hydroxyl groups is 1. The lowest BCUT2D eigenvalue weighted by atomic mass is 10.0. The summed E-state index contributed by atoms with van der Waals surface area (Å²) in [7, 11) is 1.89. The molecule has 0 bridgehead atoms. The Morgan fingerprint density at radius 1 is 1.08 bits per heavy atom. The number of carbonyl (C=O) groups is 1. The molecule has 2 N–H and O–H groups in total. The topological polar surface area (TPSA) is 60.2 Å². The minimum absolute atomic E-state index is 0.0911. The average Bonchev–Trinajstić information content (AvgIpc) is 3.55. The Bertz CT molecular complexity index is 1370. The number of carbonyl (C=O) groups excluding carboxylic acids is 1. The van der Waals surface area contributed by atoms with Crippen molar-refractivity contribution in [3.63, 3.8) is 0 Å². The standard InChI is InChI=1S/C28H28F2N4O2S/c1-31-18-4-3-10-34(15-18)28(36)26-14-22(17-5-8-25(32-2)24(30)12-17)27(37-26)21-7-6-19(13-23(21)29)33-11-9-20(35)16-33/h5-8,12-14,18,20,31,35H,3-4,9-11,15-16H2,1H3/t18-,20+/m1/s1. The van der Waals surface area contributed by atoms with Gasteiger partial charge in [-0.2, -0.15) is 0 Å². The third kappa shape index (κ3) is 5.10. The van der Waals surface area contributed by atoms with Crippen molar-refractivity contribution in [2.75, 3.05) is 38.1 Å². The number of hydrogen-bond donors (Lipinski definition) is 2. The second-order valence-electron chi connectivity index (χ2n) is 9.56. The molecule has 0 saturated carbocycles. The monoisotopic (exact) mass is 522 g/mol. The first kappa shape index (κ1) is 25.3. The maximum Gasteiger partial charge on any atom is 0.264 e. The van der Waals surface area contributed by atoms with E-state index in [-0.39, 0.29) is 17.6 Å². The average molecular weight is 523 g/mol. The Balaban J connectivity index is 1.56. The van der Waals surface area contributed by atoms with Crippen LogP contribution in [0, 0.1) is 18.2 Å². The molecule has 3 heterocycles. The number of benzene rings is 2. The van der Waals surface area contributed by atoms with E-state index in [9.17, 15) is 14.3 Å². The number of nitrogens with one attached hydrogen (secondary N) is 1. The summed E-state index contributed by atoms with van der Waals surface area (Å²) in [6.07, 6.45) is 2.11. The maximum absolute atomic E-state index is 15.5. The lowest BCUT2D eigenvalue weighted by molar-refractivity contribution is 0.0703. The molecule has 2 saturated heterocycles. The van der Waals surface area contributed by atoms with E-state index in [2.05, 4.69) is 10.2 Å². The predicted octanol–water partition coefficient (Wildman–Crippen LogP) is 5.31. The number of likely N-dealkylation sites (tertiary alicyclic amines) is 1. The van der Waals surface area contributed by atoms with Gasteiger partial charge in [0.2, 0.25) is 5.69 Å². The van der Waals surface area contributed by atoms with Gasteiger partial charge >= 0.3 is 0 Å². The first-order chi connectivity index (χ1) is 17.9. The van der Waals surface area contributed by atoms with E-state index in [1.54, 1.807) is 18.2 Å². The number of hydrogen-bond acceptors (Lipinski definition) is 5. The van der Waals surface area contributed by atoms with Gasteiger partial charge in [-0.1, -0.05) is 12.1 Å². The normalized spacial score (nSPS) is 19.8. The van der Waals surface area contributed by atoms with Gasteiger partial charge in [0.15, 0.2) is 0 Å². The summed E-state index contributed by atoms with van der Waals surface area (Å²) in [5.74, 6) is -1.24. The van der Waals surface area contributed by atoms with Crippen LogP contribution in [0.3, 0.4) is 0 Å². The summed E-state index contributed by atoms with van der Waals surface area (Å²) in [5, 5.41) is 13.1. The van der Waals surface area contributed by atoms with Crippen molar-refractivity contribution in [2.45, 2.75) is 31.4 Å². The number of halogens is 2. The van der Waals surface area contributed by atoms with E-state index < -0.39 is 17.7 Å². The Labute approximate surface area is 219 Å². The molecular formula is C28H28F2N4O2S. The van der Waals surface area contributed by atoms with Crippen LogP contribution in [0.25, 0.3) is 26.4 Å². The summed E-state index contributed by atoms with van der Waals surface area (Å²) in [6, 6.07) is 11.2. The molecule has 2 atom stereocenters. The van der Waals surface area contributed by atoms with Gasteiger partial charge < -0.3 is 20.2 Å². The van der Waals surface area contributed by atoms with Crippen LogP contribution in [0.2, 0.25) is 0 Å². The van der Waals surface area contributed by atoms with E-state index in [0.29, 0.717) is 64.7 Å². The molecular weight excluding hydrogens is 494 g/mol. The maximum atomic E-state index is 15.5. The van der Waals surface area contributed by atoms with Crippen LogP contribution in [-0.2, 0) is 0 Å². The van der Waals surface area contributed by atoms with Crippen LogP contribution in [0.15, 0.2) is 42.5 Å². The van der Waals surface area contributed by atoms with Gasteiger partial charge in [-0.3, -0.25) is 4.79 Å². The van der Waals surface area contributed by atoms with Crippen molar-refractivity contribution in [2.24, 2.45) is 0 Å². The molecule has 3 aromatic rings. The fourth-order valence-electron chi connectivity index (χ4n) is 5.09. The zero-order valence-electron chi connectivity index (χ0n) is 20.5. The van der Waals surface area contributed by atoms with Crippen LogP contribution in [-0.4, -0.2) is 61.3 Å². The second kappa shape index (κ2) is 10.6. The third-order valence-electron chi connectivity index (χ3n) is 7.16. The molecule has 5 rings (SSSR count). The van der Waals surface area contributed by atoms with Gasteiger partial charge in [-0.25, -0.2) is 13.6 Å². The number of anilines is 1. The number of amides is 1. The van der Waals surface area contributed by atoms with Crippen molar-refractivity contribution in [3.05, 3.63) is 70.4 Å². The second-order valence-corrected chi connectivity index (χ2v) is 10.6. The number of rotatable bonds is 5. The molecule has 0 radical (unpaired) electrons. The molecule has 192 valence electrons. The molecule has 2 aliphatic heterocycles. The summed E-state index contributed by atoms with van der Waals surface area (Å²) >= 11 is 1.20. The van der Waals surface area contributed by atoms with Crippen molar-refractivity contribution < 1.29 is 18.7 Å². The fourth-order valence-corrected chi connectivity index (χ4v) is 6.27. The Kier molecular flexibility index (Phi) is 7.24. The first-order valence-electron chi connectivity index (χ1n) is 12.4. The van der Waals surface area contributed by atoms with Gasteiger partial charge in [0.1, 0.15) is 11.6 Å². The Morgan fingerprint density at radius 3 is 2.59 bits per heavy atom. The predicted molar refractivity (Wildman–Crippen MR) is 142 cm³/mol. The molecule has 0 spiro atoms. The molecule has 2 aliphatic rings. The summed E-state index contributed by atoms with van der Waals surface area (Å²) in [5.41, 5.74) is 1.95. The zero-order chi connectivity index (χ0) is 26.1. The van der Waals surface area contributed by atoms with Crippen LogP contribution < -0.4 is 10.2 Å². The van der Waals surface area contributed by atoms with Crippen molar-refractivity contribution in [1.29, 1.82) is 0 Å². The number of nitrogens with zero attached hydrogens (tertiary/aromatic N) is 3. The number of β-amino-alcohol motifs (C(OH)–C–C–N with tert-alkyl or cyclic N) is 1. The van der Waals surface area contributed by atoms with Crippen LogP contribution in [0.4, 0.5) is 20.2 Å². The molecule has 2 fully saturated rings. The minimum Gasteiger partial charge on any atom is -0.391 e. The van der Waals surface area contributed by atoms with Crippen molar-refractivity contribution >= 4 is 28.6 Å². The van der Waals surface area contributed by atoms with Gasteiger partial charge in [0.25, 0.3) is 5.91 Å².